The van der Waals surface area contributed by atoms with E-state index in [-0.39, 0.29) is 24.8 Å². The molecule has 4 amide bonds. The minimum atomic E-state index is -0.936. The number of fused-ring (bicyclic) bond motifs is 1. The summed E-state index contributed by atoms with van der Waals surface area (Å²) in [7, 11) is 0. The van der Waals surface area contributed by atoms with Crippen molar-refractivity contribution in [3.05, 3.63) is 34.9 Å². The van der Waals surface area contributed by atoms with Crippen molar-refractivity contribution in [3.63, 3.8) is 0 Å². The second-order valence-electron chi connectivity index (χ2n) is 8.92. The summed E-state index contributed by atoms with van der Waals surface area (Å²) in [6, 6.07) is 4.58. The van der Waals surface area contributed by atoms with Gasteiger partial charge in [0.1, 0.15) is 6.04 Å². The van der Waals surface area contributed by atoms with Crippen LogP contribution in [0.5, 0.6) is 0 Å². The fourth-order valence-electron chi connectivity index (χ4n) is 4.79. The molecule has 8 heteroatoms. The van der Waals surface area contributed by atoms with E-state index >= 15 is 0 Å². The number of benzene rings is 1. The molecule has 0 aliphatic carbocycles. The van der Waals surface area contributed by atoms with Crippen molar-refractivity contribution in [2.75, 3.05) is 13.1 Å². The molecule has 2 fully saturated rings. The van der Waals surface area contributed by atoms with E-state index in [1.54, 1.807) is 12.1 Å². The summed E-state index contributed by atoms with van der Waals surface area (Å²) in [5, 5.41) is 2.22. The van der Waals surface area contributed by atoms with Gasteiger partial charge in [-0.15, -0.1) is 0 Å². The maximum Gasteiger partial charge on any atom is 0.262 e. The molecule has 0 saturated carbocycles. The zero-order valence-corrected chi connectivity index (χ0v) is 17.4. The Morgan fingerprint density at radius 2 is 1.83 bits per heavy atom. The summed E-state index contributed by atoms with van der Waals surface area (Å²) in [5.41, 5.74) is 7.88. The second kappa shape index (κ2) is 7.92. The maximum atomic E-state index is 13.0. The van der Waals surface area contributed by atoms with Gasteiger partial charge in [-0.05, 0) is 48.9 Å². The minimum absolute atomic E-state index is 0.114. The van der Waals surface area contributed by atoms with Gasteiger partial charge in [-0.2, -0.15) is 0 Å². The summed E-state index contributed by atoms with van der Waals surface area (Å²) in [5.74, 6) is -0.975. The number of nitrogens with zero attached hydrogens (tertiary/aromatic N) is 2. The first kappa shape index (κ1) is 20.7. The summed E-state index contributed by atoms with van der Waals surface area (Å²) >= 11 is 0. The Kier molecular flexibility index (Phi) is 5.46. The van der Waals surface area contributed by atoms with E-state index in [1.807, 2.05) is 6.07 Å². The van der Waals surface area contributed by atoms with E-state index in [0.29, 0.717) is 29.5 Å². The number of likely N-dealkylation sites (tertiary alicyclic amines) is 1. The third-order valence-electron chi connectivity index (χ3n) is 6.56. The molecule has 8 nitrogen and oxygen atoms in total. The van der Waals surface area contributed by atoms with Crippen LogP contribution in [0, 0.1) is 11.8 Å². The highest BCUT2D eigenvalue weighted by atomic mass is 16.2. The van der Waals surface area contributed by atoms with Crippen LogP contribution in [0.3, 0.4) is 0 Å². The maximum absolute atomic E-state index is 13.0. The molecule has 0 spiro atoms. The molecule has 0 radical (unpaired) electrons. The smallest absolute Gasteiger partial charge is 0.262 e. The van der Waals surface area contributed by atoms with Crippen molar-refractivity contribution in [2.45, 2.75) is 51.7 Å². The molecular weight excluding hydrogens is 384 g/mol. The number of carbonyl (C=O) groups is 4. The first-order valence-corrected chi connectivity index (χ1v) is 10.6. The normalized spacial score (nSPS) is 27.6. The van der Waals surface area contributed by atoms with Crippen molar-refractivity contribution in [1.29, 1.82) is 0 Å². The summed E-state index contributed by atoms with van der Waals surface area (Å²) in [4.78, 5) is 52.7. The largest absolute Gasteiger partial charge is 0.327 e. The molecule has 3 N–H and O–H groups in total. The summed E-state index contributed by atoms with van der Waals surface area (Å²) in [6.07, 6.45) is 1.21. The van der Waals surface area contributed by atoms with Gasteiger partial charge in [-0.25, -0.2) is 0 Å². The first-order valence-electron chi connectivity index (χ1n) is 10.6. The number of imide groups is 2. The van der Waals surface area contributed by atoms with Crippen LogP contribution in [0.2, 0.25) is 0 Å². The standard InChI is InChI=1S/C22H28N4O4/c1-12(2)16-11-25(8-7-17(16)23)10-13-3-4-14-15(9-13)22(30)26(21(14)29)18-5-6-19(27)24-20(18)28/h3-4,9,12,16-18H,5-8,10-11,23H2,1-2H3,(H,24,27,28). The molecule has 2 saturated heterocycles. The summed E-state index contributed by atoms with van der Waals surface area (Å²) < 4.78 is 0. The highest BCUT2D eigenvalue weighted by Crippen LogP contribution is 2.29. The van der Waals surface area contributed by atoms with Crippen molar-refractivity contribution < 1.29 is 19.2 Å². The van der Waals surface area contributed by atoms with Crippen LogP contribution in [-0.2, 0) is 16.1 Å². The Hall–Kier alpha value is -2.58. The van der Waals surface area contributed by atoms with Crippen LogP contribution in [0.4, 0.5) is 0 Å². The van der Waals surface area contributed by atoms with Gasteiger partial charge in [0.05, 0.1) is 11.1 Å². The zero-order chi connectivity index (χ0) is 21.6. The van der Waals surface area contributed by atoms with Crippen LogP contribution < -0.4 is 11.1 Å². The molecule has 1 aromatic rings. The highest BCUT2D eigenvalue weighted by Gasteiger charge is 2.44. The fourth-order valence-corrected chi connectivity index (χ4v) is 4.79. The Balaban J connectivity index is 1.51. The average Bonchev–Trinajstić information content (AvgIpc) is 2.94. The third-order valence-corrected chi connectivity index (χ3v) is 6.56. The van der Waals surface area contributed by atoms with Crippen LogP contribution in [0.1, 0.15) is 59.4 Å². The van der Waals surface area contributed by atoms with Gasteiger partial charge >= 0.3 is 0 Å². The first-order chi connectivity index (χ1) is 14.3. The molecule has 3 aliphatic heterocycles. The molecular formula is C22H28N4O4. The number of rotatable bonds is 4. The summed E-state index contributed by atoms with van der Waals surface area (Å²) in [6.45, 7) is 6.87. The Labute approximate surface area is 175 Å². The lowest BCUT2D eigenvalue weighted by atomic mass is 9.84. The lowest BCUT2D eigenvalue weighted by Crippen LogP contribution is -2.54. The van der Waals surface area contributed by atoms with Crippen LogP contribution in [0.15, 0.2) is 18.2 Å². The Morgan fingerprint density at radius 3 is 2.53 bits per heavy atom. The molecule has 0 bridgehead atoms. The van der Waals surface area contributed by atoms with Crippen molar-refractivity contribution in [2.24, 2.45) is 17.6 Å². The fraction of sp³-hybridized carbons (Fsp3) is 0.545. The van der Waals surface area contributed by atoms with Crippen LogP contribution >= 0.6 is 0 Å². The van der Waals surface area contributed by atoms with E-state index in [9.17, 15) is 19.2 Å². The number of carbonyl (C=O) groups excluding carboxylic acids is 4. The lowest BCUT2D eigenvalue weighted by molar-refractivity contribution is -0.136. The lowest BCUT2D eigenvalue weighted by Gasteiger charge is -2.39. The van der Waals surface area contributed by atoms with E-state index < -0.39 is 23.8 Å². The topological polar surface area (TPSA) is 113 Å². The predicted molar refractivity (Wildman–Crippen MR) is 109 cm³/mol. The molecule has 3 atom stereocenters. The molecule has 160 valence electrons. The number of hydrogen-bond donors (Lipinski definition) is 2. The SMILES string of the molecule is CC(C)C1CN(Cc2ccc3c(c2)C(=O)N(C2CCC(=O)NC2=O)C3=O)CCC1N. The van der Waals surface area contributed by atoms with Crippen LogP contribution in [0.25, 0.3) is 0 Å². The van der Waals surface area contributed by atoms with Gasteiger partial charge in [0, 0.05) is 25.6 Å². The third kappa shape index (κ3) is 3.65. The van der Waals surface area contributed by atoms with Crippen molar-refractivity contribution in [3.8, 4) is 0 Å². The van der Waals surface area contributed by atoms with Gasteiger partial charge in [-0.3, -0.25) is 34.3 Å². The van der Waals surface area contributed by atoms with Gasteiger partial charge in [0.15, 0.2) is 0 Å². The van der Waals surface area contributed by atoms with Crippen molar-refractivity contribution in [1.82, 2.24) is 15.1 Å². The minimum Gasteiger partial charge on any atom is -0.327 e. The van der Waals surface area contributed by atoms with E-state index in [1.165, 1.54) is 0 Å². The molecule has 4 rings (SSSR count). The molecule has 0 aromatic heterocycles. The highest BCUT2D eigenvalue weighted by molar-refractivity contribution is 6.23. The monoisotopic (exact) mass is 412 g/mol. The molecule has 3 heterocycles. The van der Waals surface area contributed by atoms with Gasteiger partial charge in [0.25, 0.3) is 11.8 Å². The number of nitrogens with two attached hydrogens (primary N) is 1. The Morgan fingerprint density at radius 1 is 1.10 bits per heavy atom. The number of amides is 4. The quantitative estimate of drug-likeness (QED) is 0.711. The van der Waals surface area contributed by atoms with Crippen molar-refractivity contribution >= 4 is 23.6 Å². The second-order valence-corrected chi connectivity index (χ2v) is 8.92. The molecule has 30 heavy (non-hydrogen) atoms. The number of nitrogens with one attached hydrogen (secondary N) is 1. The van der Waals surface area contributed by atoms with E-state index in [0.717, 1.165) is 30.0 Å². The van der Waals surface area contributed by atoms with Gasteiger partial charge in [-0.1, -0.05) is 19.9 Å². The predicted octanol–water partition coefficient (Wildman–Crippen LogP) is 0.893. The molecule has 3 aliphatic rings. The average molecular weight is 412 g/mol. The number of piperidine rings is 2. The molecule has 1 aromatic carbocycles. The Bertz CT molecular complexity index is 912. The zero-order valence-electron chi connectivity index (χ0n) is 17.4. The van der Waals surface area contributed by atoms with E-state index in [2.05, 4.69) is 24.1 Å². The van der Waals surface area contributed by atoms with Crippen LogP contribution in [-0.4, -0.2) is 58.6 Å². The van der Waals surface area contributed by atoms with E-state index in [4.69, 9.17) is 5.73 Å². The van der Waals surface area contributed by atoms with Gasteiger partial charge < -0.3 is 5.73 Å². The number of hydrogen-bond acceptors (Lipinski definition) is 6. The van der Waals surface area contributed by atoms with Gasteiger partial charge in [0.2, 0.25) is 11.8 Å². The molecule has 3 unspecified atom stereocenters.